The molecular weight excluding hydrogens is 394 g/mol. The van der Waals surface area contributed by atoms with Crippen molar-refractivity contribution in [3.63, 3.8) is 0 Å². The van der Waals surface area contributed by atoms with Gasteiger partial charge in [0.05, 0.1) is 28.7 Å². The van der Waals surface area contributed by atoms with Crippen LogP contribution in [0.5, 0.6) is 0 Å². The van der Waals surface area contributed by atoms with Crippen molar-refractivity contribution in [2.75, 3.05) is 0 Å². The number of nitrogens with zero attached hydrogens (tertiary/aromatic N) is 1. The molecule has 0 unspecified atom stereocenters. The molecule has 0 aliphatic heterocycles. The van der Waals surface area contributed by atoms with Gasteiger partial charge < -0.3 is 14.6 Å². The molecule has 4 atom stereocenters. The van der Waals surface area contributed by atoms with Crippen LogP contribution in [-0.4, -0.2) is 45.6 Å². The number of hydrogen-bond donors (Lipinski definition) is 1. The van der Waals surface area contributed by atoms with Gasteiger partial charge in [-0.05, 0) is 40.2 Å². The molecule has 30 heavy (non-hydrogen) atoms. The molecule has 1 aromatic rings. The molecule has 1 fully saturated rings. The summed E-state index contributed by atoms with van der Waals surface area (Å²) in [4.78, 5) is 49.3. The van der Waals surface area contributed by atoms with Gasteiger partial charge in [-0.15, -0.1) is 0 Å². The molecule has 1 aliphatic rings. The summed E-state index contributed by atoms with van der Waals surface area (Å²) >= 11 is 0. The fourth-order valence-electron chi connectivity index (χ4n) is 3.87. The number of nitro groups is 1. The number of ketones is 1. The summed E-state index contributed by atoms with van der Waals surface area (Å²) in [6.45, 7) is 7.83. The highest BCUT2D eigenvalue weighted by Gasteiger charge is 2.57. The normalized spacial score (nSPS) is 26.5. The predicted molar refractivity (Wildman–Crippen MR) is 106 cm³/mol. The third-order valence-electron chi connectivity index (χ3n) is 4.94. The van der Waals surface area contributed by atoms with Crippen molar-refractivity contribution < 1.29 is 33.9 Å². The lowest BCUT2D eigenvalue weighted by atomic mass is 9.61. The zero-order valence-corrected chi connectivity index (χ0v) is 17.7. The fraction of sp³-hybridized carbons (Fsp3) is 0.571. The van der Waals surface area contributed by atoms with Crippen LogP contribution in [0, 0.1) is 22.0 Å². The van der Waals surface area contributed by atoms with Crippen LogP contribution in [0.4, 0.5) is 5.69 Å². The van der Waals surface area contributed by atoms with Crippen molar-refractivity contribution >= 4 is 23.4 Å². The summed E-state index contributed by atoms with van der Waals surface area (Å²) in [6, 6.07) is 5.34. The highest BCUT2D eigenvalue weighted by Crippen LogP contribution is 2.47. The Bertz CT molecular complexity index is 837. The van der Waals surface area contributed by atoms with E-state index in [0.717, 1.165) is 0 Å². The molecule has 0 heterocycles. The van der Waals surface area contributed by atoms with Gasteiger partial charge in [0.2, 0.25) is 0 Å². The average Bonchev–Trinajstić information content (AvgIpc) is 2.58. The Morgan fingerprint density at radius 3 is 2.27 bits per heavy atom. The second kappa shape index (κ2) is 8.91. The predicted octanol–water partition coefficient (Wildman–Crippen LogP) is 2.54. The molecule has 1 saturated carbocycles. The van der Waals surface area contributed by atoms with Gasteiger partial charge in [-0.1, -0.05) is 12.1 Å². The lowest BCUT2D eigenvalue weighted by molar-refractivity contribution is -0.385. The summed E-state index contributed by atoms with van der Waals surface area (Å²) in [5.74, 6) is -6.12. The Balaban J connectivity index is 2.67. The van der Waals surface area contributed by atoms with Crippen LogP contribution in [0.15, 0.2) is 24.3 Å². The number of carbonyl (C=O) groups excluding carboxylic acids is 3. The Morgan fingerprint density at radius 2 is 1.73 bits per heavy atom. The lowest BCUT2D eigenvalue weighted by Crippen LogP contribution is -2.55. The number of nitro benzene ring substituents is 1. The Morgan fingerprint density at radius 1 is 1.17 bits per heavy atom. The first-order valence-corrected chi connectivity index (χ1v) is 9.75. The molecule has 0 amide bonds. The van der Waals surface area contributed by atoms with Gasteiger partial charge in [-0.2, -0.15) is 0 Å². The molecule has 1 aromatic carbocycles. The minimum Gasteiger partial charge on any atom is -0.463 e. The van der Waals surface area contributed by atoms with E-state index in [9.17, 15) is 29.6 Å². The molecule has 0 bridgehead atoms. The van der Waals surface area contributed by atoms with Crippen molar-refractivity contribution in [1.29, 1.82) is 0 Å². The second-order valence-electron chi connectivity index (χ2n) is 8.30. The van der Waals surface area contributed by atoms with Crippen molar-refractivity contribution in [2.24, 2.45) is 11.8 Å². The average molecular weight is 421 g/mol. The molecule has 0 saturated heterocycles. The quantitative estimate of drug-likeness (QED) is 0.321. The first-order chi connectivity index (χ1) is 13.8. The highest BCUT2D eigenvalue weighted by atomic mass is 16.6. The number of carbonyl (C=O) groups is 3. The van der Waals surface area contributed by atoms with Crippen LogP contribution < -0.4 is 0 Å². The minimum atomic E-state index is -1.81. The second-order valence-corrected chi connectivity index (χ2v) is 8.30. The van der Waals surface area contributed by atoms with Crippen LogP contribution in [0.1, 0.15) is 52.5 Å². The Hall–Kier alpha value is -2.81. The van der Waals surface area contributed by atoms with Crippen molar-refractivity contribution in [3.05, 3.63) is 39.9 Å². The van der Waals surface area contributed by atoms with E-state index < -0.39 is 64.6 Å². The molecule has 0 aromatic heterocycles. The van der Waals surface area contributed by atoms with Crippen LogP contribution in [0.25, 0.3) is 0 Å². The Kier molecular flexibility index (Phi) is 6.97. The van der Waals surface area contributed by atoms with Gasteiger partial charge in [0, 0.05) is 24.5 Å². The number of hydrogen-bond acceptors (Lipinski definition) is 8. The standard InChI is InChI=1S/C21H27NO8/c1-11(2)29-19(24)17-15(23)10-21(5,26)18(20(25)30-12(3)4)16(17)13-7-6-8-14(9-13)22(27)28/h6-9,11-12,16-18,26H,10H2,1-5H3/t16-,17-,18-,21+/m1/s1. The van der Waals surface area contributed by atoms with Crippen LogP contribution >= 0.6 is 0 Å². The number of rotatable bonds is 6. The first-order valence-electron chi connectivity index (χ1n) is 9.75. The Labute approximate surface area is 174 Å². The third kappa shape index (κ3) is 5.02. The molecule has 2 rings (SSSR count). The number of non-ortho nitro benzene ring substituents is 1. The maximum absolute atomic E-state index is 12.9. The van der Waals surface area contributed by atoms with E-state index in [0.29, 0.717) is 0 Å². The van der Waals surface area contributed by atoms with Crippen molar-refractivity contribution in [2.45, 2.75) is 64.8 Å². The molecule has 0 radical (unpaired) electrons. The smallest absolute Gasteiger partial charge is 0.317 e. The first kappa shape index (κ1) is 23.5. The number of Topliss-reactive ketones (excluding diaryl/α,β-unsaturated/α-hetero) is 1. The molecule has 164 valence electrons. The minimum absolute atomic E-state index is 0.203. The maximum atomic E-state index is 12.9. The fourth-order valence-corrected chi connectivity index (χ4v) is 3.87. The number of benzene rings is 1. The number of ether oxygens (including phenoxy) is 2. The molecule has 1 aliphatic carbocycles. The van der Waals surface area contributed by atoms with Gasteiger partial charge in [0.15, 0.2) is 5.78 Å². The summed E-state index contributed by atoms with van der Waals surface area (Å²) < 4.78 is 10.5. The summed E-state index contributed by atoms with van der Waals surface area (Å²) in [5, 5.41) is 22.2. The van der Waals surface area contributed by atoms with Crippen LogP contribution in [0.3, 0.4) is 0 Å². The topological polar surface area (TPSA) is 133 Å². The van der Waals surface area contributed by atoms with E-state index in [2.05, 4.69) is 0 Å². The van der Waals surface area contributed by atoms with Gasteiger partial charge in [0.25, 0.3) is 5.69 Å². The largest absolute Gasteiger partial charge is 0.463 e. The SMILES string of the molecule is CC(C)OC(=O)[C@@H]1C(=O)C[C@](C)(O)[C@@H](C(=O)OC(C)C)[C@@H]1c1cccc([N+](=O)[O-])c1. The van der Waals surface area contributed by atoms with Crippen molar-refractivity contribution in [1.82, 2.24) is 0 Å². The number of aliphatic hydroxyl groups is 1. The van der Waals surface area contributed by atoms with Crippen molar-refractivity contribution in [3.8, 4) is 0 Å². The van der Waals surface area contributed by atoms with E-state index in [1.165, 1.54) is 31.2 Å². The van der Waals surface area contributed by atoms with Gasteiger partial charge >= 0.3 is 11.9 Å². The van der Waals surface area contributed by atoms with E-state index >= 15 is 0 Å². The zero-order chi connectivity index (χ0) is 22.8. The van der Waals surface area contributed by atoms with E-state index in [4.69, 9.17) is 9.47 Å². The van der Waals surface area contributed by atoms with Gasteiger partial charge in [0.1, 0.15) is 5.92 Å². The molecular formula is C21H27NO8. The number of esters is 2. The zero-order valence-electron chi connectivity index (χ0n) is 17.7. The van der Waals surface area contributed by atoms with E-state index in [1.807, 2.05) is 0 Å². The van der Waals surface area contributed by atoms with Gasteiger partial charge in [-0.25, -0.2) is 0 Å². The van der Waals surface area contributed by atoms with Crippen LogP contribution in [0.2, 0.25) is 0 Å². The lowest BCUT2D eigenvalue weighted by Gasteiger charge is -2.43. The monoisotopic (exact) mass is 421 g/mol. The van der Waals surface area contributed by atoms with E-state index in [-0.39, 0.29) is 11.3 Å². The maximum Gasteiger partial charge on any atom is 0.317 e. The van der Waals surface area contributed by atoms with Crippen LogP contribution in [-0.2, 0) is 23.9 Å². The summed E-state index contributed by atoms with van der Waals surface area (Å²) in [7, 11) is 0. The molecule has 1 N–H and O–H groups in total. The third-order valence-corrected chi connectivity index (χ3v) is 4.94. The highest BCUT2D eigenvalue weighted by molar-refractivity contribution is 6.02. The molecule has 0 spiro atoms. The molecule has 9 heteroatoms. The van der Waals surface area contributed by atoms with Gasteiger partial charge in [-0.3, -0.25) is 24.5 Å². The summed E-state index contributed by atoms with van der Waals surface area (Å²) in [5.41, 5.74) is -1.88. The van der Waals surface area contributed by atoms with E-state index in [1.54, 1.807) is 27.7 Å². The molecule has 9 nitrogen and oxygen atoms in total. The summed E-state index contributed by atoms with van der Waals surface area (Å²) in [6.07, 6.45) is -1.47.